The molecule has 0 bridgehead atoms. The van der Waals surface area contributed by atoms with Gasteiger partial charge in [-0.2, -0.15) is 12.6 Å². The summed E-state index contributed by atoms with van der Waals surface area (Å²) < 4.78 is 0. The van der Waals surface area contributed by atoms with Gasteiger partial charge in [0, 0.05) is 30.5 Å². The standard InChI is InChI=1S/C17H26N6O7S/c1-8(21-15(27)10(18)4-9-5-19-7-20-9)14(26)22-11(2-3-13(24)25)16(28)23-12(6-31)17(29)30/h5,7-8,10-12,31H,2-4,6,18H2,1H3,(H,19,20)(H,21,27)(H,22,26)(H,23,28)(H,24,25)(H,29,30). The number of aromatic nitrogens is 2. The Hall–Kier alpha value is -3.13. The van der Waals surface area contributed by atoms with Crippen molar-refractivity contribution in [1.82, 2.24) is 25.9 Å². The molecule has 0 aromatic carbocycles. The van der Waals surface area contributed by atoms with Crippen molar-refractivity contribution in [2.45, 2.75) is 50.4 Å². The number of thiol groups is 1. The quantitative estimate of drug-likeness (QED) is 0.148. The second-order valence-corrected chi connectivity index (χ2v) is 7.06. The van der Waals surface area contributed by atoms with E-state index in [1.807, 2.05) is 0 Å². The van der Waals surface area contributed by atoms with Crippen LogP contribution in [0.4, 0.5) is 0 Å². The van der Waals surface area contributed by atoms with Gasteiger partial charge in [-0.15, -0.1) is 0 Å². The maximum Gasteiger partial charge on any atom is 0.327 e. The van der Waals surface area contributed by atoms with Crippen LogP contribution in [-0.2, 0) is 30.4 Å². The largest absolute Gasteiger partial charge is 0.481 e. The molecule has 0 fully saturated rings. The molecule has 0 aliphatic rings. The predicted molar refractivity (Wildman–Crippen MR) is 110 cm³/mol. The third-order valence-corrected chi connectivity index (χ3v) is 4.53. The number of amides is 3. The zero-order valence-electron chi connectivity index (χ0n) is 16.7. The molecule has 3 amide bonds. The van der Waals surface area contributed by atoms with Gasteiger partial charge in [0.05, 0.1) is 12.4 Å². The van der Waals surface area contributed by atoms with E-state index in [0.29, 0.717) is 5.69 Å². The average molecular weight is 458 g/mol. The van der Waals surface area contributed by atoms with Gasteiger partial charge in [0.1, 0.15) is 18.1 Å². The van der Waals surface area contributed by atoms with Crippen molar-refractivity contribution < 1.29 is 34.2 Å². The number of aliphatic carboxylic acids is 2. The van der Waals surface area contributed by atoms with Crippen LogP contribution in [0.25, 0.3) is 0 Å². The highest BCUT2D eigenvalue weighted by Gasteiger charge is 2.28. The maximum atomic E-state index is 12.4. The molecule has 1 rings (SSSR count). The summed E-state index contributed by atoms with van der Waals surface area (Å²) >= 11 is 3.83. The van der Waals surface area contributed by atoms with Crippen molar-refractivity contribution in [3.63, 3.8) is 0 Å². The van der Waals surface area contributed by atoms with E-state index < -0.39 is 60.2 Å². The minimum Gasteiger partial charge on any atom is -0.481 e. The highest BCUT2D eigenvalue weighted by molar-refractivity contribution is 7.80. The van der Waals surface area contributed by atoms with Gasteiger partial charge in [-0.3, -0.25) is 19.2 Å². The Balaban J connectivity index is 2.72. The zero-order chi connectivity index (χ0) is 23.6. The number of carbonyl (C=O) groups excluding carboxylic acids is 3. The predicted octanol–water partition coefficient (Wildman–Crippen LogP) is -2.37. The fourth-order valence-electron chi connectivity index (χ4n) is 2.40. The summed E-state index contributed by atoms with van der Waals surface area (Å²) in [6, 6.07) is -4.71. The van der Waals surface area contributed by atoms with Crippen molar-refractivity contribution >= 4 is 42.3 Å². The van der Waals surface area contributed by atoms with E-state index in [1.165, 1.54) is 19.4 Å². The van der Waals surface area contributed by atoms with Gasteiger partial charge in [-0.1, -0.05) is 0 Å². The van der Waals surface area contributed by atoms with E-state index in [0.717, 1.165) is 0 Å². The van der Waals surface area contributed by atoms with Crippen LogP contribution in [0.1, 0.15) is 25.5 Å². The van der Waals surface area contributed by atoms with E-state index in [-0.39, 0.29) is 18.6 Å². The van der Waals surface area contributed by atoms with E-state index >= 15 is 0 Å². The molecule has 1 aromatic rings. The lowest BCUT2D eigenvalue weighted by Gasteiger charge is -2.23. The monoisotopic (exact) mass is 458 g/mol. The molecule has 4 unspecified atom stereocenters. The first kappa shape index (κ1) is 25.9. The van der Waals surface area contributed by atoms with Crippen molar-refractivity contribution in [3.05, 3.63) is 18.2 Å². The number of hydrogen-bond acceptors (Lipinski definition) is 8. The summed E-state index contributed by atoms with van der Waals surface area (Å²) in [6.07, 6.45) is 2.36. The number of nitrogens with one attached hydrogen (secondary N) is 4. The summed E-state index contributed by atoms with van der Waals surface area (Å²) in [5, 5.41) is 24.8. The summed E-state index contributed by atoms with van der Waals surface area (Å²) in [5.74, 6) is -5.03. The average Bonchev–Trinajstić information content (AvgIpc) is 3.21. The first-order valence-electron chi connectivity index (χ1n) is 9.24. The molecule has 0 spiro atoms. The van der Waals surface area contributed by atoms with Gasteiger partial charge in [-0.25, -0.2) is 9.78 Å². The van der Waals surface area contributed by atoms with Crippen LogP contribution < -0.4 is 21.7 Å². The third-order valence-electron chi connectivity index (χ3n) is 4.16. The number of carboxylic acid groups (broad SMARTS) is 2. The summed E-state index contributed by atoms with van der Waals surface area (Å²) in [4.78, 5) is 65.5. The molecule has 14 heteroatoms. The number of H-pyrrole nitrogens is 1. The number of nitrogens with two attached hydrogens (primary N) is 1. The minimum absolute atomic E-state index is 0.157. The molecular weight excluding hydrogens is 432 g/mol. The van der Waals surface area contributed by atoms with Crippen LogP contribution in [0.15, 0.2) is 12.5 Å². The summed E-state index contributed by atoms with van der Waals surface area (Å²) in [5.41, 5.74) is 6.43. The second-order valence-electron chi connectivity index (χ2n) is 6.69. The van der Waals surface area contributed by atoms with Gasteiger partial charge >= 0.3 is 11.9 Å². The molecule has 172 valence electrons. The first-order valence-corrected chi connectivity index (χ1v) is 9.87. The van der Waals surface area contributed by atoms with Crippen LogP contribution in [0.3, 0.4) is 0 Å². The number of rotatable bonds is 13. The Morgan fingerprint density at radius 3 is 2.26 bits per heavy atom. The molecule has 0 saturated heterocycles. The summed E-state index contributed by atoms with van der Waals surface area (Å²) in [6.45, 7) is 1.36. The first-order chi connectivity index (χ1) is 14.5. The zero-order valence-corrected chi connectivity index (χ0v) is 17.6. The van der Waals surface area contributed by atoms with Crippen LogP contribution >= 0.6 is 12.6 Å². The minimum atomic E-state index is -1.33. The number of nitrogens with zero attached hydrogens (tertiary/aromatic N) is 1. The molecule has 0 radical (unpaired) electrons. The molecular formula is C17H26N6O7S. The maximum absolute atomic E-state index is 12.4. The molecule has 1 heterocycles. The molecule has 0 saturated carbocycles. The van der Waals surface area contributed by atoms with Crippen molar-refractivity contribution in [2.75, 3.05) is 5.75 Å². The number of hydrogen-bond donors (Lipinski definition) is 8. The van der Waals surface area contributed by atoms with Crippen LogP contribution in [0.2, 0.25) is 0 Å². The molecule has 8 N–H and O–H groups in total. The number of carbonyl (C=O) groups is 5. The van der Waals surface area contributed by atoms with Crippen LogP contribution in [-0.4, -0.2) is 79.8 Å². The Kier molecular flexibility index (Phi) is 10.5. The topological polar surface area (TPSA) is 217 Å². The Morgan fingerprint density at radius 1 is 1.10 bits per heavy atom. The second kappa shape index (κ2) is 12.5. The molecule has 31 heavy (non-hydrogen) atoms. The third kappa shape index (κ3) is 9.04. The van der Waals surface area contributed by atoms with Gasteiger partial charge < -0.3 is 36.9 Å². The normalized spacial score (nSPS) is 14.5. The van der Waals surface area contributed by atoms with Crippen molar-refractivity contribution in [2.24, 2.45) is 5.73 Å². The van der Waals surface area contributed by atoms with E-state index in [9.17, 15) is 24.0 Å². The summed E-state index contributed by atoms with van der Waals surface area (Å²) in [7, 11) is 0. The van der Waals surface area contributed by atoms with Gasteiger partial charge in [0.2, 0.25) is 17.7 Å². The van der Waals surface area contributed by atoms with Crippen molar-refractivity contribution in [1.29, 1.82) is 0 Å². The Morgan fingerprint density at radius 2 is 1.74 bits per heavy atom. The van der Waals surface area contributed by atoms with E-state index in [4.69, 9.17) is 15.9 Å². The number of imidazole rings is 1. The molecule has 4 atom stereocenters. The van der Waals surface area contributed by atoms with Gasteiger partial charge in [0.15, 0.2) is 0 Å². The van der Waals surface area contributed by atoms with E-state index in [1.54, 1.807) is 0 Å². The number of aromatic amines is 1. The lowest BCUT2D eigenvalue weighted by atomic mass is 10.1. The highest BCUT2D eigenvalue weighted by atomic mass is 32.1. The van der Waals surface area contributed by atoms with E-state index in [2.05, 4.69) is 38.5 Å². The van der Waals surface area contributed by atoms with Crippen LogP contribution in [0.5, 0.6) is 0 Å². The Labute approximate surface area is 183 Å². The molecule has 13 nitrogen and oxygen atoms in total. The fourth-order valence-corrected chi connectivity index (χ4v) is 2.65. The lowest BCUT2D eigenvalue weighted by Crippen LogP contribution is -2.56. The smallest absolute Gasteiger partial charge is 0.327 e. The SMILES string of the molecule is CC(NC(=O)C(N)Cc1cnc[nH]1)C(=O)NC(CCC(=O)O)C(=O)NC(CS)C(=O)O. The van der Waals surface area contributed by atoms with Gasteiger partial charge in [-0.05, 0) is 13.3 Å². The van der Waals surface area contributed by atoms with Crippen LogP contribution in [0, 0.1) is 0 Å². The van der Waals surface area contributed by atoms with Gasteiger partial charge in [0.25, 0.3) is 0 Å². The van der Waals surface area contributed by atoms with Crippen molar-refractivity contribution in [3.8, 4) is 0 Å². The number of carboxylic acids is 2. The molecule has 1 aromatic heterocycles. The molecule has 0 aliphatic carbocycles. The lowest BCUT2D eigenvalue weighted by molar-refractivity contribution is -0.142. The Bertz CT molecular complexity index is 788. The fraction of sp³-hybridized carbons (Fsp3) is 0.529. The molecule has 0 aliphatic heterocycles. The highest BCUT2D eigenvalue weighted by Crippen LogP contribution is 2.02.